The summed E-state index contributed by atoms with van der Waals surface area (Å²) in [6.07, 6.45) is 0.724. The minimum absolute atomic E-state index is 0.318. The third-order valence-corrected chi connectivity index (χ3v) is 7.83. The van der Waals surface area contributed by atoms with Crippen LogP contribution in [0.25, 0.3) is 10.9 Å². The molecule has 0 bridgehead atoms. The lowest BCUT2D eigenvalue weighted by molar-refractivity contribution is 0.112. The number of hydrogen-bond donors (Lipinski definition) is 1. The number of aromatic amines is 1. The molecule has 4 aromatic rings. The fraction of sp³-hybridized carbons (Fsp3) is 0. The Morgan fingerprint density at radius 1 is 0.846 bits per heavy atom. The first-order valence-electron chi connectivity index (χ1n) is 8.13. The van der Waals surface area contributed by atoms with Crippen LogP contribution in [0.15, 0.2) is 78.9 Å². The number of benzene rings is 3. The number of fused-ring (bicyclic) bond motifs is 1. The fourth-order valence-electron chi connectivity index (χ4n) is 3.28. The highest BCUT2D eigenvalue weighted by molar-refractivity contribution is 7.85. The smallest absolute Gasteiger partial charge is 0.173 e. The quantitative estimate of drug-likeness (QED) is 0.425. The van der Waals surface area contributed by atoms with Gasteiger partial charge in [-0.1, -0.05) is 72.3 Å². The lowest BCUT2D eigenvalue weighted by atomic mass is 10.2. The zero-order valence-corrected chi connectivity index (χ0v) is 15.4. The van der Waals surface area contributed by atoms with Gasteiger partial charge in [0.15, 0.2) is 13.4 Å². The van der Waals surface area contributed by atoms with Gasteiger partial charge in [0, 0.05) is 26.5 Å². The van der Waals surface area contributed by atoms with Gasteiger partial charge in [0.05, 0.1) is 11.0 Å². The van der Waals surface area contributed by atoms with E-state index in [2.05, 4.69) is 4.98 Å². The number of carbonyl (C=O) groups is 1. The van der Waals surface area contributed by atoms with E-state index in [1.54, 1.807) is 18.2 Å². The topological polar surface area (TPSA) is 49.9 Å². The van der Waals surface area contributed by atoms with Crippen molar-refractivity contribution in [3.8, 4) is 0 Å². The van der Waals surface area contributed by atoms with E-state index in [-0.39, 0.29) is 0 Å². The van der Waals surface area contributed by atoms with E-state index in [0.717, 1.165) is 11.8 Å². The Hall–Kier alpha value is -2.61. The van der Waals surface area contributed by atoms with Gasteiger partial charge >= 0.3 is 0 Å². The molecule has 0 unspecified atom stereocenters. The van der Waals surface area contributed by atoms with Crippen LogP contribution in [0, 0.1) is 0 Å². The van der Waals surface area contributed by atoms with Crippen LogP contribution in [0.4, 0.5) is 0 Å². The Labute approximate surface area is 156 Å². The van der Waals surface area contributed by atoms with Crippen molar-refractivity contribution in [3.05, 3.63) is 89.6 Å². The van der Waals surface area contributed by atoms with E-state index in [1.807, 2.05) is 60.7 Å². The Kier molecular flexibility index (Phi) is 4.28. The molecule has 128 valence electrons. The maximum absolute atomic E-state index is 14.6. The van der Waals surface area contributed by atoms with Gasteiger partial charge in [-0.3, -0.25) is 4.79 Å². The van der Waals surface area contributed by atoms with Crippen LogP contribution >= 0.6 is 18.7 Å². The van der Waals surface area contributed by atoms with Gasteiger partial charge in [-0.2, -0.15) is 0 Å². The lowest BCUT2D eigenvalue weighted by Gasteiger charge is -2.20. The molecule has 0 aliphatic rings. The SMILES string of the molecule is O=Cc1[nH]c2ccc(Cl)cc2c1P(=O)(c1ccccc1)c1ccccc1. The molecule has 0 radical (unpaired) electrons. The third kappa shape index (κ3) is 2.61. The molecule has 0 saturated carbocycles. The number of hydrogen-bond acceptors (Lipinski definition) is 2. The number of carbonyl (C=O) groups excluding carboxylic acids is 1. The Bertz CT molecular complexity index is 1090. The number of H-pyrrole nitrogens is 1. The van der Waals surface area contributed by atoms with E-state index in [9.17, 15) is 9.36 Å². The lowest BCUT2D eigenvalue weighted by Crippen LogP contribution is -2.26. The summed E-state index contributed by atoms with van der Waals surface area (Å²) in [4.78, 5) is 14.9. The standard InChI is InChI=1S/C21H15ClNO2P/c22-15-11-12-19-18(13-15)21(20(14-24)23-19)26(25,16-7-3-1-4-8-16)17-9-5-2-6-10-17/h1-14,23H. The summed E-state index contributed by atoms with van der Waals surface area (Å²) < 4.78 is 14.6. The molecule has 3 nitrogen and oxygen atoms in total. The first kappa shape index (κ1) is 16.8. The van der Waals surface area contributed by atoms with Gasteiger partial charge in [-0.05, 0) is 18.2 Å². The van der Waals surface area contributed by atoms with Crippen LogP contribution in [0.1, 0.15) is 10.5 Å². The molecule has 3 aromatic carbocycles. The van der Waals surface area contributed by atoms with E-state index < -0.39 is 7.14 Å². The minimum Gasteiger partial charge on any atom is -0.352 e. The van der Waals surface area contributed by atoms with Crippen molar-refractivity contribution in [1.82, 2.24) is 4.98 Å². The van der Waals surface area contributed by atoms with Crippen molar-refractivity contribution in [2.75, 3.05) is 0 Å². The monoisotopic (exact) mass is 379 g/mol. The number of halogens is 1. The van der Waals surface area contributed by atoms with Crippen molar-refractivity contribution < 1.29 is 9.36 Å². The molecule has 0 atom stereocenters. The highest BCUT2D eigenvalue weighted by Gasteiger charge is 2.34. The first-order chi connectivity index (χ1) is 12.6. The maximum atomic E-state index is 14.6. The molecule has 4 rings (SSSR count). The molecule has 0 spiro atoms. The molecule has 0 aliphatic carbocycles. The van der Waals surface area contributed by atoms with Gasteiger partial charge < -0.3 is 9.55 Å². The summed E-state index contributed by atoms with van der Waals surface area (Å²) in [7, 11) is -3.27. The molecular formula is C21H15ClNO2P. The van der Waals surface area contributed by atoms with Gasteiger partial charge in [-0.15, -0.1) is 0 Å². The maximum Gasteiger partial charge on any atom is 0.173 e. The normalized spacial score (nSPS) is 11.6. The number of rotatable bonds is 4. The van der Waals surface area contributed by atoms with Crippen molar-refractivity contribution in [2.45, 2.75) is 0 Å². The molecule has 0 amide bonds. The summed E-state index contributed by atoms with van der Waals surface area (Å²) >= 11 is 6.19. The predicted octanol–water partition coefficient (Wildman–Crippen LogP) is 4.27. The molecule has 0 fully saturated rings. The predicted molar refractivity (Wildman–Crippen MR) is 108 cm³/mol. The molecule has 0 saturated heterocycles. The fourth-order valence-corrected chi connectivity index (χ4v) is 6.42. The van der Waals surface area contributed by atoms with E-state index >= 15 is 0 Å². The average molecular weight is 380 g/mol. The Morgan fingerprint density at radius 3 is 1.96 bits per heavy atom. The summed E-state index contributed by atoms with van der Waals surface area (Å²) in [6.45, 7) is 0. The Balaban J connectivity index is 2.15. The molecular weight excluding hydrogens is 365 g/mol. The van der Waals surface area contributed by atoms with Gasteiger partial charge in [0.25, 0.3) is 0 Å². The second-order valence-electron chi connectivity index (χ2n) is 5.98. The molecule has 1 heterocycles. The van der Waals surface area contributed by atoms with Crippen LogP contribution in [-0.2, 0) is 4.57 Å². The minimum atomic E-state index is -3.27. The van der Waals surface area contributed by atoms with Crippen LogP contribution in [0.3, 0.4) is 0 Å². The first-order valence-corrected chi connectivity index (χ1v) is 10.2. The molecule has 1 aromatic heterocycles. The average Bonchev–Trinajstić information content (AvgIpc) is 3.07. The highest BCUT2D eigenvalue weighted by Crippen LogP contribution is 2.45. The van der Waals surface area contributed by atoms with Crippen molar-refractivity contribution in [3.63, 3.8) is 0 Å². The van der Waals surface area contributed by atoms with E-state index in [0.29, 0.717) is 32.0 Å². The molecule has 5 heteroatoms. The van der Waals surface area contributed by atoms with Crippen LogP contribution in [-0.4, -0.2) is 11.3 Å². The number of aldehydes is 1. The summed E-state index contributed by atoms with van der Waals surface area (Å²) in [5, 5.41) is 3.09. The number of nitrogens with one attached hydrogen (secondary N) is 1. The zero-order valence-electron chi connectivity index (χ0n) is 13.7. The van der Waals surface area contributed by atoms with Crippen LogP contribution in [0.2, 0.25) is 5.02 Å². The number of aromatic nitrogens is 1. The summed E-state index contributed by atoms with van der Waals surface area (Å²) in [5.41, 5.74) is 1.05. The highest BCUT2D eigenvalue weighted by atomic mass is 35.5. The third-order valence-electron chi connectivity index (χ3n) is 4.43. The van der Waals surface area contributed by atoms with Crippen molar-refractivity contribution in [1.29, 1.82) is 0 Å². The van der Waals surface area contributed by atoms with Crippen LogP contribution < -0.4 is 15.9 Å². The van der Waals surface area contributed by atoms with E-state index in [4.69, 9.17) is 11.6 Å². The van der Waals surface area contributed by atoms with Crippen molar-refractivity contribution in [2.24, 2.45) is 0 Å². The second-order valence-corrected chi connectivity index (χ2v) is 9.11. The summed E-state index contributed by atoms with van der Waals surface area (Å²) in [6, 6.07) is 23.8. The van der Waals surface area contributed by atoms with Gasteiger partial charge in [0.2, 0.25) is 0 Å². The Morgan fingerprint density at radius 2 is 1.42 bits per heavy atom. The zero-order chi connectivity index (χ0) is 18.1. The molecule has 26 heavy (non-hydrogen) atoms. The van der Waals surface area contributed by atoms with Crippen LogP contribution in [0.5, 0.6) is 0 Å². The second kappa shape index (κ2) is 6.60. The van der Waals surface area contributed by atoms with Gasteiger partial charge in [0.1, 0.15) is 0 Å². The largest absolute Gasteiger partial charge is 0.352 e. The van der Waals surface area contributed by atoms with Crippen molar-refractivity contribution >= 4 is 51.8 Å². The van der Waals surface area contributed by atoms with Gasteiger partial charge in [-0.25, -0.2) is 0 Å². The summed E-state index contributed by atoms with van der Waals surface area (Å²) in [5.74, 6) is 0. The molecule has 1 N–H and O–H groups in total. The molecule has 0 aliphatic heterocycles. The van der Waals surface area contributed by atoms with E-state index in [1.165, 1.54) is 0 Å².